The normalized spacial score (nSPS) is 29.7. The highest BCUT2D eigenvalue weighted by atomic mass is 28.4. The van der Waals surface area contributed by atoms with Crippen LogP contribution in [0.3, 0.4) is 0 Å². The van der Waals surface area contributed by atoms with Crippen LogP contribution in [-0.2, 0) is 4.43 Å². The molecule has 0 saturated heterocycles. The molecule has 2 atom stereocenters. The Bertz CT molecular complexity index is 204. The Morgan fingerprint density at radius 1 is 1.23 bits per heavy atom. The molecule has 0 radical (unpaired) electrons. The zero-order valence-corrected chi connectivity index (χ0v) is 9.92. The van der Waals surface area contributed by atoms with Gasteiger partial charge in [0.25, 0.3) is 12.6 Å². The minimum absolute atomic E-state index is 0.250. The molecular weight excluding hydrogens is 178 g/mol. The topological polar surface area (TPSA) is 13.6 Å². The van der Waals surface area contributed by atoms with Gasteiger partial charge in [-0.15, -0.1) is 0 Å². The molecule has 0 aliphatic heterocycles. The Hall–Kier alpha value is -0.333. The quantitative estimate of drug-likeness (QED) is 0.622. The summed E-state index contributed by atoms with van der Waals surface area (Å²) in [6, 6.07) is 0.250. The standard InChI is InChI=1S/C10H20NOSi/c1-11-9-7-5-6-8-10(9)12-13(2,3)4/h1,9-10H,5-8H2,2-4H3/q+1. The van der Waals surface area contributed by atoms with E-state index in [1.54, 1.807) is 0 Å². The Balaban J connectivity index is 2.51. The van der Waals surface area contributed by atoms with Crippen molar-refractivity contribution in [1.82, 2.24) is 0 Å². The highest BCUT2D eigenvalue weighted by Crippen LogP contribution is 2.26. The van der Waals surface area contributed by atoms with Crippen molar-refractivity contribution in [2.45, 2.75) is 57.5 Å². The third-order valence-corrected chi connectivity index (χ3v) is 3.37. The summed E-state index contributed by atoms with van der Waals surface area (Å²) >= 11 is 0. The van der Waals surface area contributed by atoms with E-state index in [9.17, 15) is 0 Å². The van der Waals surface area contributed by atoms with Gasteiger partial charge in [0.1, 0.15) is 6.10 Å². The van der Waals surface area contributed by atoms with E-state index in [-0.39, 0.29) is 6.04 Å². The van der Waals surface area contributed by atoms with Crippen molar-refractivity contribution in [3.8, 4) is 6.57 Å². The molecule has 0 N–H and O–H groups in total. The Morgan fingerprint density at radius 2 is 1.85 bits per heavy atom. The van der Waals surface area contributed by atoms with Crippen molar-refractivity contribution in [3.05, 3.63) is 4.85 Å². The molecule has 1 rings (SSSR count). The van der Waals surface area contributed by atoms with Crippen molar-refractivity contribution in [3.63, 3.8) is 0 Å². The van der Waals surface area contributed by atoms with Crippen LogP contribution in [0, 0.1) is 6.57 Å². The van der Waals surface area contributed by atoms with Gasteiger partial charge < -0.3 is 4.43 Å². The first kappa shape index (κ1) is 10.7. The van der Waals surface area contributed by atoms with Crippen molar-refractivity contribution < 1.29 is 4.43 Å². The van der Waals surface area contributed by atoms with Gasteiger partial charge in [-0.2, -0.15) is 0 Å². The Labute approximate surface area is 82.2 Å². The lowest BCUT2D eigenvalue weighted by molar-refractivity contribution is 0.140. The minimum atomic E-state index is -1.42. The average molecular weight is 198 g/mol. The first-order valence-corrected chi connectivity index (χ1v) is 8.51. The van der Waals surface area contributed by atoms with Crippen LogP contribution in [0.2, 0.25) is 19.6 Å². The smallest absolute Gasteiger partial charge is 0.296 e. The molecular formula is C10H20NOSi+. The molecule has 74 valence electrons. The number of nitrogens with zero attached hydrogens (tertiary/aromatic N) is 1. The lowest BCUT2D eigenvalue weighted by Gasteiger charge is -2.28. The molecule has 2 nitrogen and oxygen atoms in total. The van der Waals surface area contributed by atoms with Gasteiger partial charge >= 0.3 is 0 Å². The predicted octanol–water partition coefficient (Wildman–Crippen LogP) is 3.11. The molecule has 0 amide bonds. The summed E-state index contributed by atoms with van der Waals surface area (Å²) < 4.78 is 6.05. The zero-order chi connectivity index (χ0) is 9.90. The second kappa shape index (κ2) is 4.25. The summed E-state index contributed by atoms with van der Waals surface area (Å²) in [7, 11) is -1.42. The van der Waals surface area contributed by atoms with E-state index in [4.69, 9.17) is 11.0 Å². The van der Waals surface area contributed by atoms with E-state index < -0.39 is 8.32 Å². The molecule has 13 heavy (non-hydrogen) atoms. The molecule has 1 saturated carbocycles. The van der Waals surface area contributed by atoms with Crippen molar-refractivity contribution in [2.75, 3.05) is 0 Å². The second-order valence-electron chi connectivity index (χ2n) is 4.77. The number of hydrogen-bond donors (Lipinski definition) is 0. The van der Waals surface area contributed by atoms with Gasteiger partial charge in [-0.1, -0.05) is 11.3 Å². The highest BCUT2D eigenvalue weighted by Gasteiger charge is 2.35. The van der Waals surface area contributed by atoms with Crippen molar-refractivity contribution >= 4 is 8.32 Å². The molecule has 0 heterocycles. The van der Waals surface area contributed by atoms with Crippen LogP contribution < -0.4 is 0 Å². The van der Waals surface area contributed by atoms with Crippen LogP contribution in [0.1, 0.15) is 25.7 Å². The summed E-state index contributed by atoms with van der Waals surface area (Å²) in [5.41, 5.74) is 0. The fourth-order valence-electron chi connectivity index (χ4n) is 1.84. The molecule has 0 bridgehead atoms. The van der Waals surface area contributed by atoms with E-state index in [2.05, 4.69) is 24.5 Å². The van der Waals surface area contributed by atoms with Gasteiger partial charge in [0.2, 0.25) is 0 Å². The SMILES string of the molecule is C#[N+]C1CCCCC1O[Si](C)(C)C. The van der Waals surface area contributed by atoms with Crippen LogP contribution in [-0.4, -0.2) is 20.5 Å². The predicted molar refractivity (Wildman–Crippen MR) is 58.8 cm³/mol. The summed E-state index contributed by atoms with van der Waals surface area (Å²) in [5.74, 6) is 0. The summed E-state index contributed by atoms with van der Waals surface area (Å²) in [5, 5.41) is 0. The van der Waals surface area contributed by atoms with Gasteiger partial charge in [-0.25, -0.2) is 0 Å². The van der Waals surface area contributed by atoms with Crippen LogP contribution >= 0.6 is 0 Å². The maximum absolute atomic E-state index is 6.05. The maximum atomic E-state index is 6.05. The molecule has 0 aromatic heterocycles. The largest absolute Gasteiger partial charge is 0.407 e. The monoisotopic (exact) mass is 198 g/mol. The lowest BCUT2D eigenvalue weighted by Crippen LogP contribution is -2.39. The van der Waals surface area contributed by atoms with Gasteiger partial charge in [0, 0.05) is 6.42 Å². The lowest BCUT2D eigenvalue weighted by atomic mass is 9.93. The molecule has 0 aromatic carbocycles. The molecule has 1 aliphatic rings. The van der Waals surface area contributed by atoms with Gasteiger partial charge in [-0.3, -0.25) is 0 Å². The molecule has 0 aromatic rings. The Morgan fingerprint density at radius 3 is 2.38 bits per heavy atom. The van der Waals surface area contributed by atoms with Crippen LogP contribution in [0.5, 0.6) is 0 Å². The third kappa shape index (κ3) is 3.49. The number of hydrogen-bond acceptors (Lipinski definition) is 1. The minimum Gasteiger partial charge on any atom is -0.407 e. The average Bonchev–Trinajstić information content (AvgIpc) is 2.02. The van der Waals surface area contributed by atoms with Crippen molar-refractivity contribution in [2.24, 2.45) is 0 Å². The maximum Gasteiger partial charge on any atom is 0.296 e. The Kier molecular flexibility index (Phi) is 3.52. The van der Waals surface area contributed by atoms with E-state index in [1.165, 1.54) is 12.8 Å². The van der Waals surface area contributed by atoms with Crippen LogP contribution in [0.15, 0.2) is 0 Å². The van der Waals surface area contributed by atoms with Gasteiger partial charge in [0.15, 0.2) is 8.32 Å². The van der Waals surface area contributed by atoms with Crippen molar-refractivity contribution in [1.29, 1.82) is 0 Å². The van der Waals surface area contributed by atoms with E-state index in [0.717, 1.165) is 12.8 Å². The molecule has 2 unspecified atom stereocenters. The third-order valence-electron chi connectivity index (χ3n) is 2.36. The first-order valence-electron chi connectivity index (χ1n) is 5.11. The second-order valence-corrected chi connectivity index (χ2v) is 9.23. The first-order chi connectivity index (χ1) is 6.03. The van der Waals surface area contributed by atoms with E-state index >= 15 is 0 Å². The van der Waals surface area contributed by atoms with E-state index in [0.29, 0.717) is 6.10 Å². The number of rotatable bonds is 2. The summed E-state index contributed by atoms with van der Waals surface area (Å²) in [6.45, 7) is 12.0. The molecule has 0 spiro atoms. The van der Waals surface area contributed by atoms with Gasteiger partial charge in [0.05, 0.1) is 0 Å². The molecule has 1 aliphatic carbocycles. The van der Waals surface area contributed by atoms with Gasteiger partial charge in [-0.05, 0) is 32.5 Å². The van der Waals surface area contributed by atoms with Crippen LogP contribution in [0.4, 0.5) is 0 Å². The summed E-state index contributed by atoms with van der Waals surface area (Å²) in [4.78, 5) is 3.91. The fraction of sp³-hybridized carbons (Fsp3) is 0.900. The molecule has 1 fully saturated rings. The zero-order valence-electron chi connectivity index (χ0n) is 8.92. The van der Waals surface area contributed by atoms with Crippen LogP contribution in [0.25, 0.3) is 4.85 Å². The van der Waals surface area contributed by atoms with E-state index in [1.807, 2.05) is 0 Å². The highest BCUT2D eigenvalue weighted by molar-refractivity contribution is 6.69. The molecule has 3 heteroatoms. The summed E-state index contributed by atoms with van der Waals surface area (Å²) in [6.07, 6.45) is 5.05. The fourth-order valence-corrected chi connectivity index (χ4v) is 3.02.